The number of fused-ring (bicyclic) bond motifs is 1. The number of aromatic nitrogens is 1. The van der Waals surface area contributed by atoms with Gasteiger partial charge in [-0.1, -0.05) is 36.2 Å². The molecule has 0 spiro atoms. The Morgan fingerprint density at radius 1 is 0.974 bits per heavy atom. The molecule has 39 heavy (non-hydrogen) atoms. The molecule has 4 rings (SSSR count). The Labute approximate surface area is 239 Å². The number of rotatable bonds is 11. The molecule has 0 aliphatic heterocycles. The van der Waals surface area contributed by atoms with Gasteiger partial charge in [-0.05, 0) is 93.3 Å². The highest BCUT2D eigenvalue weighted by molar-refractivity contribution is 7.99. The highest BCUT2D eigenvalue weighted by atomic mass is 35.5. The van der Waals surface area contributed by atoms with E-state index in [-0.39, 0.29) is 18.3 Å². The molecule has 3 aromatic carbocycles. The lowest BCUT2D eigenvalue weighted by atomic mass is 10.1. The molecule has 0 amide bonds. The van der Waals surface area contributed by atoms with E-state index in [0.717, 1.165) is 35.7 Å². The van der Waals surface area contributed by atoms with E-state index in [1.807, 2.05) is 36.9 Å². The number of aryl methyl sites for hydroxylation is 1. The summed E-state index contributed by atoms with van der Waals surface area (Å²) in [7, 11) is 1.60. The molecule has 7 heteroatoms. The normalized spacial score (nSPS) is 11.9. The van der Waals surface area contributed by atoms with Crippen molar-refractivity contribution in [1.29, 1.82) is 0 Å². The first-order chi connectivity index (χ1) is 18.8. The Bertz CT molecular complexity index is 1440. The molecule has 0 N–H and O–H groups in total. The van der Waals surface area contributed by atoms with Crippen molar-refractivity contribution in [3.63, 3.8) is 0 Å². The summed E-state index contributed by atoms with van der Waals surface area (Å²) < 4.78 is 12.7. The van der Waals surface area contributed by atoms with Crippen LogP contribution in [0, 0.1) is 13.8 Å². The van der Waals surface area contributed by atoms with E-state index >= 15 is 0 Å². The highest BCUT2D eigenvalue weighted by Gasteiger charge is 2.22. The minimum absolute atomic E-state index is 0.0794. The first kappa shape index (κ1) is 28.8. The molecule has 1 heterocycles. The number of hydrogen-bond donors (Lipinski definition) is 0. The highest BCUT2D eigenvalue weighted by Crippen LogP contribution is 2.31. The Kier molecular flexibility index (Phi) is 9.76. The van der Waals surface area contributed by atoms with Crippen molar-refractivity contribution in [2.24, 2.45) is 0 Å². The van der Waals surface area contributed by atoms with Crippen molar-refractivity contribution < 1.29 is 19.1 Å². The monoisotopic (exact) mass is 563 g/mol. The Hall–Kier alpha value is -3.22. The molecule has 0 radical (unpaired) electrons. The molecule has 0 fully saturated rings. The van der Waals surface area contributed by atoms with Gasteiger partial charge in [0.1, 0.15) is 5.75 Å². The summed E-state index contributed by atoms with van der Waals surface area (Å²) in [4.78, 5) is 27.6. The van der Waals surface area contributed by atoms with Crippen LogP contribution in [0.4, 0.5) is 0 Å². The summed E-state index contributed by atoms with van der Waals surface area (Å²) in [6.45, 7) is 6.56. The molecule has 0 aliphatic rings. The van der Waals surface area contributed by atoms with Crippen LogP contribution in [-0.2, 0) is 16.0 Å². The largest absolute Gasteiger partial charge is 0.497 e. The number of ether oxygens (including phenoxy) is 2. The fraction of sp³-hybridized carbons (Fsp3) is 0.312. The molecule has 5 nitrogen and oxygen atoms in total. The lowest BCUT2D eigenvalue weighted by Crippen LogP contribution is -2.15. The van der Waals surface area contributed by atoms with E-state index in [2.05, 4.69) is 38.1 Å². The van der Waals surface area contributed by atoms with Crippen molar-refractivity contribution in [2.75, 3.05) is 13.7 Å². The van der Waals surface area contributed by atoms with Gasteiger partial charge >= 0.3 is 5.97 Å². The molecule has 1 unspecified atom stereocenters. The summed E-state index contributed by atoms with van der Waals surface area (Å²) in [5, 5.41) is 1.85. The van der Waals surface area contributed by atoms with Crippen molar-refractivity contribution in [1.82, 2.24) is 4.57 Å². The van der Waals surface area contributed by atoms with Crippen molar-refractivity contribution >= 4 is 46.1 Å². The summed E-state index contributed by atoms with van der Waals surface area (Å²) in [5.74, 6) is 0.170. The van der Waals surface area contributed by atoms with Crippen molar-refractivity contribution in [2.45, 2.75) is 56.6 Å². The fourth-order valence-corrected chi connectivity index (χ4v) is 5.79. The first-order valence-corrected chi connectivity index (χ1v) is 14.4. The van der Waals surface area contributed by atoms with Crippen molar-refractivity contribution in [3.8, 4) is 5.75 Å². The van der Waals surface area contributed by atoms with E-state index in [9.17, 15) is 9.59 Å². The van der Waals surface area contributed by atoms with Gasteiger partial charge in [0.25, 0.3) is 5.91 Å². The molecule has 0 saturated heterocycles. The second kappa shape index (κ2) is 13.2. The second-order valence-corrected chi connectivity index (χ2v) is 11.7. The Morgan fingerprint density at radius 3 is 2.38 bits per heavy atom. The maximum absolute atomic E-state index is 13.4. The number of thioether (sulfide) groups is 1. The quantitative estimate of drug-likeness (QED) is 0.105. The van der Waals surface area contributed by atoms with Gasteiger partial charge in [0.05, 0.1) is 25.7 Å². The van der Waals surface area contributed by atoms with Crippen LogP contribution in [0.5, 0.6) is 5.75 Å². The van der Waals surface area contributed by atoms with Gasteiger partial charge in [0.2, 0.25) is 0 Å². The zero-order valence-electron chi connectivity index (χ0n) is 22.8. The molecule has 204 valence electrons. The Morgan fingerprint density at radius 2 is 1.69 bits per heavy atom. The number of methoxy groups -OCH3 is 1. The lowest BCUT2D eigenvalue weighted by Gasteiger charge is -2.11. The predicted molar refractivity (Wildman–Crippen MR) is 159 cm³/mol. The standard InChI is InChI=1S/C32H34ClNO4S/c1-21-8-15-27(16-9-21)39-22(2)7-5-6-18-38-31(35)20-28-23(3)34(30-17-14-26(37-4)19-29(28)30)32(36)24-10-12-25(33)13-11-24/h8-17,19,22H,5-7,18,20H2,1-4H3. The van der Waals surface area contributed by atoms with E-state index in [4.69, 9.17) is 21.1 Å². The summed E-state index contributed by atoms with van der Waals surface area (Å²) >= 11 is 7.89. The van der Waals surface area contributed by atoms with Crippen LogP contribution in [0.25, 0.3) is 10.9 Å². The average Bonchev–Trinajstić information content (AvgIpc) is 3.19. The van der Waals surface area contributed by atoms with Crippen LogP contribution in [0.3, 0.4) is 0 Å². The molecule has 1 atom stereocenters. The predicted octanol–water partition coefficient (Wildman–Crippen LogP) is 8.05. The number of carbonyl (C=O) groups is 2. The van der Waals surface area contributed by atoms with Gasteiger partial charge in [0, 0.05) is 31.8 Å². The van der Waals surface area contributed by atoms with Gasteiger partial charge in [-0.25, -0.2) is 0 Å². The number of halogens is 1. The maximum atomic E-state index is 13.4. The molecule has 1 aromatic heterocycles. The topological polar surface area (TPSA) is 57.5 Å². The number of esters is 1. The molecule has 0 aliphatic carbocycles. The molecule has 0 saturated carbocycles. The van der Waals surface area contributed by atoms with Crippen LogP contribution in [0.1, 0.15) is 53.4 Å². The summed E-state index contributed by atoms with van der Waals surface area (Å²) in [6.07, 6.45) is 2.93. The zero-order valence-corrected chi connectivity index (χ0v) is 24.4. The van der Waals surface area contributed by atoms with Gasteiger partial charge in [-0.15, -0.1) is 11.8 Å². The number of nitrogens with zero attached hydrogens (tertiary/aromatic N) is 1. The van der Waals surface area contributed by atoms with Crippen LogP contribution in [-0.4, -0.2) is 35.4 Å². The second-order valence-electron chi connectivity index (χ2n) is 9.73. The smallest absolute Gasteiger partial charge is 0.310 e. The minimum atomic E-state index is -0.305. The van der Waals surface area contributed by atoms with E-state index < -0.39 is 0 Å². The zero-order chi connectivity index (χ0) is 27.9. The van der Waals surface area contributed by atoms with Gasteiger partial charge in [-0.2, -0.15) is 0 Å². The van der Waals surface area contributed by atoms with E-state index in [1.165, 1.54) is 10.5 Å². The summed E-state index contributed by atoms with van der Waals surface area (Å²) in [6, 6.07) is 20.9. The van der Waals surface area contributed by atoms with Crippen LogP contribution < -0.4 is 4.74 Å². The molecule has 0 bridgehead atoms. The maximum Gasteiger partial charge on any atom is 0.310 e. The third-order valence-electron chi connectivity index (χ3n) is 6.78. The number of unbranched alkanes of at least 4 members (excludes halogenated alkanes) is 1. The Balaban J connectivity index is 1.38. The summed E-state index contributed by atoms with van der Waals surface area (Å²) in [5.41, 5.74) is 3.97. The lowest BCUT2D eigenvalue weighted by molar-refractivity contribution is -0.142. The van der Waals surface area contributed by atoms with E-state index in [0.29, 0.717) is 33.9 Å². The third-order valence-corrected chi connectivity index (χ3v) is 8.22. The van der Waals surface area contributed by atoms with Crippen LogP contribution in [0.15, 0.2) is 71.6 Å². The molecular weight excluding hydrogens is 530 g/mol. The number of benzene rings is 3. The van der Waals surface area contributed by atoms with Gasteiger partial charge < -0.3 is 9.47 Å². The molecular formula is C32H34ClNO4S. The molecule has 4 aromatic rings. The fourth-order valence-electron chi connectivity index (χ4n) is 4.62. The number of carbonyl (C=O) groups excluding carboxylic acids is 2. The average molecular weight is 564 g/mol. The van der Waals surface area contributed by atoms with Gasteiger partial charge in [-0.3, -0.25) is 14.2 Å². The van der Waals surface area contributed by atoms with Gasteiger partial charge in [0.15, 0.2) is 0 Å². The van der Waals surface area contributed by atoms with Crippen molar-refractivity contribution in [3.05, 3.63) is 94.1 Å². The third kappa shape index (κ3) is 7.25. The number of hydrogen-bond acceptors (Lipinski definition) is 5. The minimum Gasteiger partial charge on any atom is -0.497 e. The SMILES string of the molecule is COc1ccc2c(c1)c(CC(=O)OCCCCC(C)Sc1ccc(C)cc1)c(C)n2C(=O)c1ccc(Cl)cc1. The van der Waals surface area contributed by atoms with E-state index in [1.54, 1.807) is 35.9 Å². The van der Waals surface area contributed by atoms with Crippen LogP contribution >= 0.6 is 23.4 Å². The van der Waals surface area contributed by atoms with Crippen LogP contribution in [0.2, 0.25) is 5.02 Å². The first-order valence-electron chi connectivity index (χ1n) is 13.1.